The van der Waals surface area contributed by atoms with Crippen molar-refractivity contribution in [1.82, 2.24) is 24.6 Å². The van der Waals surface area contributed by atoms with Crippen LogP contribution in [-0.2, 0) is 18.6 Å². The van der Waals surface area contributed by atoms with Crippen LogP contribution in [0.15, 0.2) is 36.5 Å². The average molecular weight is 547 g/mol. The largest absolute Gasteiger partial charge is 0.384 e. The molecule has 0 unspecified atom stereocenters. The summed E-state index contributed by atoms with van der Waals surface area (Å²) in [5.41, 5.74) is 3.12. The first-order valence-corrected chi connectivity index (χ1v) is 13.4. The number of hydrogen-bond donors (Lipinski definition) is 1. The van der Waals surface area contributed by atoms with Gasteiger partial charge in [-0.05, 0) is 52.3 Å². The van der Waals surface area contributed by atoms with Crippen molar-refractivity contribution in [2.75, 3.05) is 6.54 Å². The van der Waals surface area contributed by atoms with Crippen LogP contribution in [-0.4, -0.2) is 54.1 Å². The van der Waals surface area contributed by atoms with Crippen LogP contribution < -0.4 is 0 Å². The lowest BCUT2D eigenvalue weighted by Gasteiger charge is -2.37. The molecule has 3 atom stereocenters. The lowest BCUT2D eigenvalue weighted by Crippen LogP contribution is -2.45. The second kappa shape index (κ2) is 9.78. The summed E-state index contributed by atoms with van der Waals surface area (Å²) in [5, 5.41) is 15.4. The van der Waals surface area contributed by atoms with Gasteiger partial charge in [-0.15, -0.1) is 0 Å². The van der Waals surface area contributed by atoms with Crippen molar-refractivity contribution in [3.8, 4) is 0 Å². The molecular weight excluding hydrogens is 516 g/mol. The maximum Gasteiger partial charge on any atom is 0.273 e. The highest BCUT2D eigenvalue weighted by Crippen LogP contribution is 2.36. The first kappa shape index (κ1) is 26.9. The third-order valence-electron chi connectivity index (χ3n) is 7.72. The quantitative estimate of drug-likeness (QED) is 0.461. The summed E-state index contributed by atoms with van der Waals surface area (Å²) in [5.74, 6) is -0.348. The normalized spacial score (nSPS) is 19.8. The summed E-state index contributed by atoms with van der Waals surface area (Å²) in [7, 11) is 0. The highest BCUT2D eigenvalue weighted by atomic mass is 35.5. The van der Waals surface area contributed by atoms with Crippen LogP contribution in [0.1, 0.15) is 90.1 Å². The van der Waals surface area contributed by atoms with Gasteiger partial charge >= 0.3 is 0 Å². The topological polar surface area (TPSA) is 95.9 Å². The Morgan fingerprint density at radius 1 is 1.23 bits per heavy atom. The van der Waals surface area contributed by atoms with Gasteiger partial charge in [0.1, 0.15) is 11.3 Å². The minimum absolute atomic E-state index is 0.0497. The summed E-state index contributed by atoms with van der Waals surface area (Å²) in [6, 6.07) is 7.97. The van der Waals surface area contributed by atoms with Crippen LogP contribution in [0, 0.1) is 6.57 Å². The second-order valence-corrected chi connectivity index (χ2v) is 11.4. The Balaban J connectivity index is 1.45. The van der Waals surface area contributed by atoms with Crippen molar-refractivity contribution >= 4 is 29.1 Å². The maximum absolute atomic E-state index is 13.9. The van der Waals surface area contributed by atoms with E-state index in [0.29, 0.717) is 34.9 Å². The number of aromatic nitrogens is 3. The number of pyridine rings is 1. The Morgan fingerprint density at radius 3 is 2.62 bits per heavy atom. The van der Waals surface area contributed by atoms with Crippen LogP contribution in [0.2, 0.25) is 5.02 Å². The highest BCUT2D eigenvalue weighted by Gasteiger charge is 2.40. The van der Waals surface area contributed by atoms with Gasteiger partial charge in [0.2, 0.25) is 5.69 Å². The van der Waals surface area contributed by atoms with Crippen LogP contribution in [0.25, 0.3) is 4.85 Å². The minimum atomic E-state index is -1.05. The lowest BCUT2D eigenvalue weighted by molar-refractivity contribution is 0.0572. The third kappa shape index (κ3) is 4.68. The molecule has 2 aromatic heterocycles. The molecule has 0 radical (unpaired) electrons. The summed E-state index contributed by atoms with van der Waals surface area (Å²) in [6.45, 7) is 17.4. The van der Waals surface area contributed by atoms with E-state index >= 15 is 0 Å². The van der Waals surface area contributed by atoms with Crippen molar-refractivity contribution < 1.29 is 14.7 Å². The predicted molar refractivity (Wildman–Crippen MR) is 147 cm³/mol. The molecule has 3 aromatic rings. The Morgan fingerprint density at radius 2 is 1.97 bits per heavy atom. The molecule has 39 heavy (non-hydrogen) atoms. The number of amides is 2. The van der Waals surface area contributed by atoms with Gasteiger partial charge in [0.15, 0.2) is 0 Å². The van der Waals surface area contributed by atoms with Gasteiger partial charge in [-0.2, -0.15) is 5.10 Å². The fourth-order valence-electron chi connectivity index (χ4n) is 5.39. The van der Waals surface area contributed by atoms with E-state index in [1.807, 2.05) is 36.4 Å². The number of nitrogens with zero attached hydrogens (tertiary/aromatic N) is 6. The smallest absolute Gasteiger partial charge is 0.273 e. The summed E-state index contributed by atoms with van der Waals surface area (Å²) in [6.07, 6.45) is 2.24. The molecule has 2 amide bonds. The van der Waals surface area contributed by atoms with E-state index in [0.717, 1.165) is 16.8 Å². The molecule has 0 saturated heterocycles. The molecule has 2 aliphatic rings. The van der Waals surface area contributed by atoms with Gasteiger partial charge in [-0.25, -0.2) is 4.85 Å². The standard InChI is InChI=1S/C29H31ClN6O3/c1-16-11-23-21(15-34(16)27(37)19-7-9-22(30)24(12-19)31-6)26-28(38)35(14-17(2)36(26)33-23)18(3)20-8-10-25(32-13-20)29(4,5)39/h7-10,12-13,16-18,39H,11,14-15H2,1-5H3/t16-,17-,18+/m1/s1. The molecule has 9 nitrogen and oxygen atoms in total. The molecule has 1 N–H and O–H groups in total. The second-order valence-electron chi connectivity index (χ2n) is 11.0. The predicted octanol–water partition coefficient (Wildman–Crippen LogP) is 5.07. The Hall–Kier alpha value is -3.74. The van der Waals surface area contributed by atoms with Gasteiger partial charge in [-0.3, -0.25) is 19.3 Å². The number of benzene rings is 1. The molecule has 2 aliphatic heterocycles. The number of halogens is 1. The third-order valence-corrected chi connectivity index (χ3v) is 8.04. The number of hydrogen-bond acceptors (Lipinski definition) is 5. The van der Waals surface area contributed by atoms with E-state index in [9.17, 15) is 14.7 Å². The van der Waals surface area contributed by atoms with Crippen molar-refractivity contribution in [3.05, 3.63) is 86.7 Å². The first-order chi connectivity index (χ1) is 18.4. The van der Waals surface area contributed by atoms with Gasteiger partial charge in [0.25, 0.3) is 11.8 Å². The van der Waals surface area contributed by atoms with Crippen molar-refractivity contribution in [2.24, 2.45) is 0 Å². The molecule has 0 bridgehead atoms. The van der Waals surface area contributed by atoms with E-state index < -0.39 is 5.60 Å². The summed E-state index contributed by atoms with van der Waals surface area (Å²) < 4.78 is 1.81. The average Bonchev–Trinajstić information content (AvgIpc) is 3.28. The van der Waals surface area contributed by atoms with Gasteiger partial charge < -0.3 is 14.9 Å². The molecule has 202 valence electrons. The minimum Gasteiger partial charge on any atom is -0.384 e. The number of fused-ring (bicyclic) bond motifs is 3. The van der Waals surface area contributed by atoms with Gasteiger partial charge in [0, 0.05) is 41.4 Å². The monoisotopic (exact) mass is 546 g/mol. The Labute approximate surface area is 232 Å². The molecule has 10 heteroatoms. The van der Waals surface area contributed by atoms with Crippen LogP contribution in [0.4, 0.5) is 5.69 Å². The van der Waals surface area contributed by atoms with Crippen molar-refractivity contribution in [2.45, 2.75) is 71.3 Å². The summed E-state index contributed by atoms with van der Waals surface area (Å²) >= 11 is 6.08. The van der Waals surface area contributed by atoms with Crippen LogP contribution in [0.3, 0.4) is 0 Å². The Kier molecular flexibility index (Phi) is 6.73. The number of rotatable bonds is 4. The molecule has 1 aromatic carbocycles. The zero-order valence-corrected chi connectivity index (χ0v) is 23.4. The van der Waals surface area contributed by atoms with E-state index in [4.69, 9.17) is 23.3 Å². The zero-order chi connectivity index (χ0) is 28.2. The summed E-state index contributed by atoms with van der Waals surface area (Å²) in [4.78, 5) is 38.9. The van der Waals surface area contributed by atoms with E-state index in [-0.39, 0.29) is 42.2 Å². The number of carbonyl (C=O) groups excluding carboxylic acids is 2. The van der Waals surface area contributed by atoms with Crippen LogP contribution in [0.5, 0.6) is 0 Å². The zero-order valence-electron chi connectivity index (χ0n) is 22.6. The van der Waals surface area contributed by atoms with Crippen LogP contribution >= 0.6 is 11.6 Å². The van der Waals surface area contributed by atoms with Crippen molar-refractivity contribution in [3.63, 3.8) is 0 Å². The number of carbonyl (C=O) groups is 2. The lowest BCUT2D eigenvalue weighted by atomic mass is 9.96. The highest BCUT2D eigenvalue weighted by molar-refractivity contribution is 6.33. The van der Waals surface area contributed by atoms with E-state index in [2.05, 4.69) is 9.83 Å². The fourth-order valence-corrected chi connectivity index (χ4v) is 5.55. The molecule has 5 rings (SSSR count). The molecule has 0 fully saturated rings. The van der Waals surface area contributed by atoms with Gasteiger partial charge in [0.05, 0.1) is 36.6 Å². The molecule has 4 heterocycles. The molecule has 0 spiro atoms. The Bertz CT molecular complexity index is 1500. The molecule has 0 aliphatic carbocycles. The first-order valence-electron chi connectivity index (χ1n) is 13.0. The van der Waals surface area contributed by atoms with Crippen molar-refractivity contribution in [1.29, 1.82) is 0 Å². The van der Waals surface area contributed by atoms with Gasteiger partial charge in [-0.1, -0.05) is 29.8 Å². The fraction of sp³-hybridized carbons (Fsp3) is 0.414. The molecular formula is C29H31ClN6O3. The van der Waals surface area contributed by atoms with E-state index in [1.54, 1.807) is 43.1 Å². The SMILES string of the molecule is [C-]#[N+]c1cc(C(=O)N2Cc3c(nn4c3C(=O)N([C@@H](C)c3ccc(C(C)(C)O)nc3)C[C@H]4C)C[C@H]2C)ccc1Cl. The number of aliphatic hydroxyl groups is 1. The van der Waals surface area contributed by atoms with E-state index in [1.165, 1.54) is 6.07 Å². The maximum atomic E-state index is 13.9. The molecule has 0 saturated carbocycles.